The molecule has 15 heavy (non-hydrogen) atoms. The van der Waals surface area contributed by atoms with Gasteiger partial charge >= 0.3 is 6.01 Å². The average molecular weight is 210 g/mol. The van der Waals surface area contributed by atoms with Gasteiger partial charge in [0.1, 0.15) is 18.9 Å². The molecule has 1 fully saturated rings. The Morgan fingerprint density at radius 2 is 2.47 bits per heavy atom. The normalized spacial score (nSPS) is 33.0. The second-order valence-electron chi connectivity index (χ2n) is 3.70. The maximum atomic E-state index is 11.0. The van der Waals surface area contributed by atoms with Crippen molar-refractivity contribution in [1.29, 1.82) is 0 Å². The molecular formula is C9H10N2O4. The van der Waals surface area contributed by atoms with Gasteiger partial charge < -0.3 is 14.6 Å². The molecule has 80 valence electrons. The molecule has 1 unspecified atom stereocenters. The number of aromatic nitrogens is 2. The van der Waals surface area contributed by atoms with Crippen molar-refractivity contribution in [2.45, 2.75) is 24.9 Å². The first-order valence-electron chi connectivity index (χ1n) is 4.79. The molecule has 0 amide bonds. The third kappa shape index (κ3) is 1.33. The van der Waals surface area contributed by atoms with Gasteiger partial charge in [0.15, 0.2) is 0 Å². The van der Waals surface area contributed by atoms with Gasteiger partial charge in [-0.15, -0.1) is 0 Å². The van der Waals surface area contributed by atoms with Gasteiger partial charge in [-0.25, -0.2) is 0 Å². The molecule has 2 aliphatic heterocycles. The van der Waals surface area contributed by atoms with E-state index in [1.807, 2.05) is 0 Å². The summed E-state index contributed by atoms with van der Waals surface area (Å²) in [6.07, 6.45) is 0.964. The van der Waals surface area contributed by atoms with Gasteiger partial charge in [0.05, 0.1) is 6.10 Å². The maximum absolute atomic E-state index is 11.0. The highest BCUT2D eigenvalue weighted by Crippen LogP contribution is 2.33. The molecule has 1 aromatic rings. The lowest BCUT2D eigenvalue weighted by Gasteiger charge is -2.15. The Hall–Kier alpha value is -1.40. The summed E-state index contributed by atoms with van der Waals surface area (Å²) in [4.78, 5) is 14.8. The van der Waals surface area contributed by atoms with Crippen molar-refractivity contribution in [3.8, 4) is 6.01 Å². The number of aliphatic hydroxyl groups excluding tert-OH is 1. The minimum atomic E-state index is -0.512. The molecule has 3 rings (SSSR count). The van der Waals surface area contributed by atoms with Gasteiger partial charge in [-0.2, -0.15) is 4.98 Å². The van der Waals surface area contributed by atoms with Crippen LogP contribution in [0.4, 0.5) is 0 Å². The van der Waals surface area contributed by atoms with Gasteiger partial charge in [0.25, 0.3) is 5.56 Å². The SMILES string of the molecule is O=c1ccn2c(n1)OC[C@H]1O[C@@H]2CC1O. The third-order valence-electron chi connectivity index (χ3n) is 2.70. The van der Waals surface area contributed by atoms with Crippen LogP contribution in [0.1, 0.15) is 12.6 Å². The fourth-order valence-electron chi connectivity index (χ4n) is 1.92. The van der Waals surface area contributed by atoms with E-state index in [9.17, 15) is 9.90 Å². The number of hydrogen-bond acceptors (Lipinski definition) is 5. The van der Waals surface area contributed by atoms with Crippen LogP contribution in [0, 0.1) is 0 Å². The molecule has 6 nitrogen and oxygen atoms in total. The summed E-state index contributed by atoms with van der Waals surface area (Å²) in [5.74, 6) is 0. The second-order valence-corrected chi connectivity index (χ2v) is 3.70. The zero-order chi connectivity index (χ0) is 10.4. The molecule has 1 N–H and O–H groups in total. The first-order valence-corrected chi connectivity index (χ1v) is 4.79. The summed E-state index contributed by atoms with van der Waals surface area (Å²) in [5, 5.41) is 9.60. The van der Waals surface area contributed by atoms with Gasteiger partial charge in [-0.05, 0) is 0 Å². The van der Waals surface area contributed by atoms with Gasteiger partial charge in [0.2, 0.25) is 0 Å². The first-order chi connectivity index (χ1) is 7.24. The Labute approximate surface area is 85.1 Å². The van der Waals surface area contributed by atoms with Crippen LogP contribution in [-0.4, -0.2) is 33.5 Å². The highest BCUT2D eigenvalue weighted by Gasteiger charge is 2.38. The van der Waals surface area contributed by atoms with E-state index in [-0.39, 0.29) is 30.5 Å². The summed E-state index contributed by atoms with van der Waals surface area (Å²) in [6.45, 7) is 0.230. The number of aliphatic hydroxyl groups is 1. The van der Waals surface area contributed by atoms with Crippen molar-refractivity contribution in [3.63, 3.8) is 0 Å². The summed E-state index contributed by atoms with van der Waals surface area (Å²) >= 11 is 0. The van der Waals surface area contributed by atoms with Gasteiger partial charge in [0, 0.05) is 18.7 Å². The van der Waals surface area contributed by atoms with Crippen molar-refractivity contribution >= 4 is 0 Å². The predicted octanol–water partition coefficient (Wildman–Crippen LogP) is -0.716. The fourth-order valence-corrected chi connectivity index (χ4v) is 1.92. The number of rotatable bonds is 0. The van der Waals surface area contributed by atoms with Crippen LogP contribution in [0.25, 0.3) is 0 Å². The Bertz CT molecular complexity index is 444. The van der Waals surface area contributed by atoms with E-state index in [2.05, 4.69) is 4.98 Å². The van der Waals surface area contributed by atoms with E-state index in [1.165, 1.54) is 6.07 Å². The van der Waals surface area contributed by atoms with Crippen molar-refractivity contribution < 1.29 is 14.6 Å². The molecule has 1 saturated heterocycles. The topological polar surface area (TPSA) is 73.6 Å². The minimum Gasteiger partial charge on any atom is -0.462 e. The highest BCUT2D eigenvalue weighted by atomic mass is 16.6. The monoisotopic (exact) mass is 210 g/mol. The molecule has 0 spiro atoms. The van der Waals surface area contributed by atoms with Crippen LogP contribution in [0.15, 0.2) is 17.1 Å². The molecule has 0 aliphatic carbocycles. The van der Waals surface area contributed by atoms with Gasteiger partial charge in [-0.1, -0.05) is 0 Å². The van der Waals surface area contributed by atoms with E-state index in [1.54, 1.807) is 10.8 Å². The molecular weight excluding hydrogens is 200 g/mol. The molecule has 3 heterocycles. The van der Waals surface area contributed by atoms with Crippen LogP contribution in [0.2, 0.25) is 0 Å². The molecule has 2 bridgehead atoms. The molecule has 3 atom stereocenters. The fraction of sp³-hybridized carbons (Fsp3) is 0.556. The number of nitrogens with zero attached hydrogens (tertiary/aromatic N) is 2. The number of hydrogen-bond donors (Lipinski definition) is 1. The Morgan fingerprint density at radius 3 is 3.33 bits per heavy atom. The number of fused-ring (bicyclic) bond motifs is 4. The van der Waals surface area contributed by atoms with E-state index in [4.69, 9.17) is 9.47 Å². The summed E-state index contributed by atoms with van der Waals surface area (Å²) in [6, 6.07) is 1.61. The quantitative estimate of drug-likeness (QED) is 0.612. The molecule has 0 saturated carbocycles. The number of ether oxygens (including phenoxy) is 2. The summed E-state index contributed by atoms with van der Waals surface area (Å²) in [5.41, 5.74) is -0.334. The van der Waals surface area contributed by atoms with Crippen LogP contribution in [0.5, 0.6) is 6.01 Å². The Morgan fingerprint density at radius 1 is 1.60 bits per heavy atom. The van der Waals surface area contributed by atoms with E-state index in [0.29, 0.717) is 6.42 Å². The van der Waals surface area contributed by atoms with Crippen molar-refractivity contribution in [2.75, 3.05) is 6.61 Å². The molecule has 2 aliphatic rings. The lowest BCUT2D eigenvalue weighted by Crippen LogP contribution is -2.28. The van der Waals surface area contributed by atoms with Crippen LogP contribution in [0.3, 0.4) is 0 Å². The summed E-state index contributed by atoms with van der Waals surface area (Å²) < 4.78 is 12.5. The molecule has 6 heteroatoms. The third-order valence-corrected chi connectivity index (χ3v) is 2.70. The smallest absolute Gasteiger partial charge is 0.301 e. The van der Waals surface area contributed by atoms with Gasteiger partial charge in [-0.3, -0.25) is 9.36 Å². The standard InChI is InChI=1S/C9H10N2O4/c12-5-3-8-11-2-1-7(13)10-9(11)14-4-6(5)15-8/h1-2,5-6,8,12H,3-4H2/t5?,6-,8-/m1/s1. The van der Waals surface area contributed by atoms with Crippen LogP contribution < -0.4 is 10.3 Å². The van der Waals surface area contributed by atoms with E-state index >= 15 is 0 Å². The second kappa shape index (κ2) is 3.04. The Kier molecular flexibility index (Phi) is 1.80. The predicted molar refractivity (Wildman–Crippen MR) is 48.5 cm³/mol. The van der Waals surface area contributed by atoms with Crippen molar-refractivity contribution in [1.82, 2.24) is 9.55 Å². The maximum Gasteiger partial charge on any atom is 0.301 e. The first kappa shape index (κ1) is 8.87. The zero-order valence-electron chi connectivity index (χ0n) is 7.87. The zero-order valence-corrected chi connectivity index (χ0v) is 7.87. The molecule has 1 aromatic heterocycles. The van der Waals surface area contributed by atoms with E-state index in [0.717, 1.165) is 0 Å². The molecule has 0 aromatic carbocycles. The van der Waals surface area contributed by atoms with Crippen molar-refractivity contribution in [2.24, 2.45) is 0 Å². The van der Waals surface area contributed by atoms with E-state index < -0.39 is 6.10 Å². The summed E-state index contributed by atoms with van der Waals surface area (Å²) in [7, 11) is 0. The van der Waals surface area contributed by atoms with Crippen LogP contribution >= 0.6 is 0 Å². The van der Waals surface area contributed by atoms with Crippen LogP contribution in [-0.2, 0) is 4.74 Å². The lowest BCUT2D eigenvalue weighted by atomic mass is 10.2. The Balaban J connectivity index is 2.07. The largest absolute Gasteiger partial charge is 0.462 e. The highest BCUT2D eigenvalue weighted by molar-refractivity contribution is 5.04. The average Bonchev–Trinajstić information content (AvgIpc) is 2.46. The minimum absolute atomic E-state index is 0.230. The molecule has 0 radical (unpaired) electrons. The van der Waals surface area contributed by atoms with Crippen molar-refractivity contribution in [3.05, 3.63) is 22.6 Å². The lowest BCUT2D eigenvalue weighted by molar-refractivity contribution is -0.0204.